The Morgan fingerprint density at radius 2 is 1.22 bits per heavy atom. The molecule has 0 aromatic heterocycles. The van der Waals surface area contributed by atoms with Crippen molar-refractivity contribution in [3.63, 3.8) is 0 Å². The van der Waals surface area contributed by atoms with Crippen molar-refractivity contribution in [1.29, 1.82) is 0 Å². The second-order valence-electron chi connectivity index (χ2n) is 5.04. The second-order valence-corrected chi connectivity index (χ2v) is 5.04. The molecule has 0 radical (unpaired) electrons. The summed E-state index contributed by atoms with van der Waals surface area (Å²) in [6.45, 7) is -0.718. The summed E-state index contributed by atoms with van der Waals surface area (Å²) in [4.78, 5) is 35.5. The minimum atomic E-state index is -0.708. The Hall–Kier alpha value is -3.15. The molecule has 0 aliphatic heterocycles. The molecule has 2 rings (SSSR count). The second kappa shape index (κ2) is 7.22. The van der Waals surface area contributed by atoms with Gasteiger partial charge in [-0.05, 0) is 23.3 Å². The summed E-state index contributed by atoms with van der Waals surface area (Å²) in [7, 11) is 0. The van der Waals surface area contributed by atoms with Crippen molar-refractivity contribution in [2.45, 2.75) is 0 Å². The quantitative estimate of drug-likeness (QED) is 0.822. The highest BCUT2D eigenvalue weighted by Crippen LogP contribution is 2.19. The molecule has 0 aliphatic carbocycles. The van der Waals surface area contributed by atoms with Crippen molar-refractivity contribution < 1.29 is 14.4 Å². The van der Waals surface area contributed by atoms with Crippen LogP contribution in [0, 0.1) is 0 Å². The van der Waals surface area contributed by atoms with Crippen LogP contribution in [0.1, 0.15) is 10.4 Å². The monoisotopic (exact) mass is 311 g/mol. The van der Waals surface area contributed by atoms with Gasteiger partial charge in [0.2, 0.25) is 11.8 Å². The van der Waals surface area contributed by atoms with Crippen molar-refractivity contribution in [3.05, 3.63) is 60.2 Å². The number of primary amides is 2. The van der Waals surface area contributed by atoms with E-state index in [1.807, 2.05) is 30.3 Å². The smallest absolute Gasteiger partial charge is 0.254 e. The molecule has 0 atom stereocenters. The Morgan fingerprint density at radius 1 is 0.739 bits per heavy atom. The lowest BCUT2D eigenvalue weighted by molar-refractivity contribution is -0.121. The van der Waals surface area contributed by atoms with Gasteiger partial charge >= 0.3 is 0 Å². The standard InChI is InChI=1S/C17H17N3O3/c18-15(21)10-20(11-16(19)22)17(23)14-8-6-13(7-9-14)12-4-2-1-3-5-12/h1-9H,10-11H2,(H2,18,21)(H2,19,22). The number of carbonyl (C=O) groups excluding carboxylic acids is 3. The average Bonchev–Trinajstić information content (AvgIpc) is 2.54. The number of hydrogen-bond donors (Lipinski definition) is 2. The lowest BCUT2D eigenvalue weighted by Crippen LogP contribution is -2.43. The number of hydrogen-bond acceptors (Lipinski definition) is 3. The highest BCUT2D eigenvalue weighted by Gasteiger charge is 2.19. The number of nitrogens with zero attached hydrogens (tertiary/aromatic N) is 1. The topological polar surface area (TPSA) is 106 Å². The number of amides is 3. The van der Waals surface area contributed by atoms with E-state index in [4.69, 9.17) is 11.5 Å². The third-order valence-corrected chi connectivity index (χ3v) is 3.22. The Labute approximate surface area is 133 Å². The number of carbonyl (C=O) groups is 3. The Balaban J connectivity index is 2.21. The van der Waals surface area contributed by atoms with Gasteiger partial charge in [-0.15, -0.1) is 0 Å². The molecule has 0 spiro atoms. The van der Waals surface area contributed by atoms with Crippen LogP contribution in [-0.2, 0) is 9.59 Å². The fourth-order valence-electron chi connectivity index (χ4n) is 2.19. The van der Waals surface area contributed by atoms with Crippen molar-refractivity contribution in [1.82, 2.24) is 4.90 Å². The minimum Gasteiger partial charge on any atom is -0.368 e. The number of nitrogens with two attached hydrogens (primary N) is 2. The van der Waals surface area contributed by atoms with Crippen molar-refractivity contribution in [3.8, 4) is 11.1 Å². The lowest BCUT2D eigenvalue weighted by Gasteiger charge is -2.19. The molecule has 0 fully saturated rings. The summed E-state index contributed by atoms with van der Waals surface area (Å²) in [6, 6.07) is 16.6. The van der Waals surface area contributed by atoms with Gasteiger partial charge in [0.25, 0.3) is 5.91 Å². The van der Waals surface area contributed by atoms with Crippen LogP contribution in [0.3, 0.4) is 0 Å². The maximum Gasteiger partial charge on any atom is 0.254 e. The normalized spacial score (nSPS) is 10.1. The van der Waals surface area contributed by atoms with Crippen LogP contribution < -0.4 is 11.5 Å². The summed E-state index contributed by atoms with van der Waals surface area (Å²) >= 11 is 0. The van der Waals surface area contributed by atoms with Crippen molar-refractivity contribution in [2.75, 3.05) is 13.1 Å². The predicted molar refractivity (Wildman–Crippen MR) is 86.2 cm³/mol. The molecule has 0 heterocycles. The number of rotatable bonds is 6. The summed E-state index contributed by atoms with van der Waals surface area (Å²) in [6.07, 6.45) is 0. The molecule has 2 aromatic rings. The largest absolute Gasteiger partial charge is 0.368 e. The van der Waals surface area contributed by atoms with Gasteiger partial charge in [0.1, 0.15) is 13.1 Å². The van der Waals surface area contributed by atoms with Gasteiger partial charge in [-0.25, -0.2) is 0 Å². The van der Waals surface area contributed by atoms with Crippen LogP contribution in [0.15, 0.2) is 54.6 Å². The predicted octanol–water partition coefficient (Wildman–Crippen LogP) is 0.766. The van der Waals surface area contributed by atoms with Crippen molar-refractivity contribution >= 4 is 17.7 Å². The first kappa shape index (κ1) is 16.2. The van der Waals surface area contributed by atoms with Gasteiger partial charge in [-0.3, -0.25) is 14.4 Å². The molecule has 2 aromatic carbocycles. The molecule has 0 aliphatic rings. The average molecular weight is 311 g/mol. The van der Waals surface area contributed by atoms with E-state index in [1.54, 1.807) is 24.3 Å². The lowest BCUT2D eigenvalue weighted by atomic mass is 10.0. The number of benzene rings is 2. The van der Waals surface area contributed by atoms with Gasteiger partial charge < -0.3 is 16.4 Å². The summed E-state index contributed by atoms with van der Waals surface area (Å²) < 4.78 is 0. The fraction of sp³-hybridized carbons (Fsp3) is 0.118. The third kappa shape index (κ3) is 4.41. The highest BCUT2D eigenvalue weighted by atomic mass is 16.2. The van der Waals surface area contributed by atoms with Crippen LogP contribution in [0.25, 0.3) is 11.1 Å². The van der Waals surface area contributed by atoms with E-state index in [9.17, 15) is 14.4 Å². The van der Waals surface area contributed by atoms with Gasteiger partial charge in [0, 0.05) is 5.56 Å². The molecular formula is C17H17N3O3. The van der Waals surface area contributed by atoms with E-state index in [0.29, 0.717) is 5.56 Å². The zero-order valence-corrected chi connectivity index (χ0v) is 12.4. The van der Waals surface area contributed by atoms with E-state index >= 15 is 0 Å². The third-order valence-electron chi connectivity index (χ3n) is 3.22. The molecule has 118 valence electrons. The molecule has 0 saturated heterocycles. The van der Waals surface area contributed by atoms with Crippen molar-refractivity contribution in [2.24, 2.45) is 11.5 Å². The van der Waals surface area contributed by atoms with Crippen LogP contribution >= 0.6 is 0 Å². The zero-order valence-electron chi connectivity index (χ0n) is 12.4. The minimum absolute atomic E-state index is 0.354. The molecule has 3 amide bonds. The van der Waals surface area contributed by atoms with Gasteiger partial charge in [0.05, 0.1) is 0 Å². The highest BCUT2D eigenvalue weighted by molar-refractivity contribution is 5.98. The van der Waals surface area contributed by atoms with Gasteiger partial charge in [-0.1, -0.05) is 42.5 Å². The van der Waals surface area contributed by atoms with E-state index in [-0.39, 0.29) is 13.1 Å². The van der Waals surface area contributed by atoms with E-state index in [2.05, 4.69) is 0 Å². The van der Waals surface area contributed by atoms with Crippen LogP contribution in [0.2, 0.25) is 0 Å². The molecule has 6 nitrogen and oxygen atoms in total. The summed E-state index contributed by atoms with van der Waals surface area (Å²) in [5, 5.41) is 0. The maximum absolute atomic E-state index is 12.4. The van der Waals surface area contributed by atoms with Gasteiger partial charge in [-0.2, -0.15) is 0 Å². The Bertz CT molecular complexity index is 696. The maximum atomic E-state index is 12.4. The van der Waals surface area contributed by atoms with Gasteiger partial charge in [0.15, 0.2) is 0 Å². The molecule has 0 unspecified atom stereocenters. The van der Waals surface area contributed by atoms with E-state index < -0.39 is 17.7 Å². The molecule has 0 bridgehead atoms. The van der Waals surface area contributed by atoms with Crippen LogP contribution in [-0.4, -0.2) is 35.7 Å². The van der Waals surface area contributed by atoms with Crippen LogP contribution in [0.5, 0.6) is 0 Å². The van der Waals surface area contributed by atoms with E-state index in [1.165, 1.54) is 0 Å². The SMILES string of the molecule is NC(=O)CN(CC(N)=O)C(=O)c1ccc(-c2ccccc2)cc1. The first-order valence-corrected chi connectivity index (χ1v) is 6.98. The molecular weight excluding hydrogens is 294 g/mol. The fourth-order valence-corrected chi connectivity index (χ4v) is 2.19. The Morgan fingerprint density at radius 3 is 1.70 bits per heavy atom. The zero-order chi connectivity index (χ0) is 16.8. The Kier molecular flexibility index (Phi) is 5.09. The van der Waals surface area contributed by atoms with E-state index in [0.717, 1.165) is 16.0 Å². The summed E-state index contributed by atoms with van der Waals surface area (Å²) in [5.41, 5.74) is 12.5. The van der Waals surface area contributed by atoms with Crippen LogP contribution in [0.4, 0.5) is 0 Å². The molecule has 6 heteroatoms. The first-order chi connectivity index (χ1) is 11.0. The molecule has 0 saturated carbocycles. The molecule has 4 N–H and O–H groups in total. The molecule has 23 heavy (non-hydrogen) atoms. The summed E-state index contributed by atoms with van der Waals surface area (Å²) in [5.74, 6) is -1.89. The first-order valence-electron chi connectivity index (χ1n) is 6.98.